The van der Waals surface area contributed by atoms with E-state index < -0.39 is 23.6 Å². The number of amides is 3. The standard InChI is InChI=1S/C53H55F3N10O4/c1-2-35-40(54)10-6-32-4-3-5-37(44(32)35)47-46(56)48-38(24-57-47)49(65-26-33-7-8-34(27-65)58-33)61-52(60-48)70-23-22-62-18-14-31(15-19-62)25-63-29-53(30-63)16-20-64(21-17-53)41-11-9-36-39(45(41)55)28-66(51(36)69)42-12-13-43(67)59-50(42)68/h1,3-6,9-11,24,31,33-34,42,58H,7-8,12-23,25-30H2,(H,59,67,68). The molecule has 0 aliphatic carbocycles. The third-order valence-electron chi connectivity index (χ3n) is 16.3. The summed E-state index contributed by atoms with van der Waals surface area (Å²) in [4.78, 5) is 62.3. The number of nitrogens with zero attached hydrogens (tertiary/aromatic N) is 8. The van der Waals surface area contributed by atoms with Crippen LogP contribution in [0.1, 0.15) is 72.9 Å². The van der Waals surface area contributed by atoms with Gasteiger partial charge in [0.15, 0.2) is 11.6 Å². The van der Waals surface area contributed by atoms with Gasteiger partial charge in [-0.2, -0.15) is 9.97 Å². The molecule has 70 heavy (non-hydrogen) atoms. The number of fused-ring (bicyclic) bond motifs is 5. The van der Waals surface area contributed by atoms with Crippen molar-refractivity contribution < 1.29 is 32.3 Å². The summed E-state index contributed by atoms with van der Waals surface area (Å²) >= 11 is 0. The molecule has 14 nitrogen and oxygen atoms in total. The number of carbonyl (C=O) groups is 3. The van der Waals surface area contributed by atoms with Crippen molar-refractivity contribution in [1.29, 1.82) is 0 Å². The number of likely N-dealkylation sites (tertiary alicyclic amines) is 2. The molecule has 0 saturated carbocycles. The lowest BCUT2D eigenvalue weighted by molar-refractivity contribution is -0.136. The van der Waals surface area contributed by atoms with Crippen LogP contribution in [0.2, 0.25) is 0 Å². The summed E-state index contributed by atoms with van der Waals surface area (Å²) in [5.74, 6) is 0.840. The molecule has 7 aliphatic rings. The van der Waals surface area contributed by atoms with E-state index in [1.54, 1.807) is 36.5 Å². The third-order valence-corrected chi connectivity index (χ3v) is 16.3. The number of rotatable bonds is 10. The zero-order chi connectivity index (χ0) is 47.8. The normalized spacial score (nSPS) is 23.8. The third kappa shape index (κ3) is 7.97. The predicted molar refractivity (Wildman–Crippen MR) is 258 cm³/mol. The van der Waals surface area contributed by atoms with Gasteiger partial charge in [-0.3, -0.25) is 29.6 Å². The molecule has 7 aliphatic heterocycles. The molecule has 3 unspecified atom stereocenters. The number of benzene rings is 3. The van der Waals surface area contributed by atoms with Crippen LogP contribution < -0.4 is 25.2 Å². The van der Waals surface area contributed by atoms with Crippen LogP contribution in [0.3, 0.4) is 0 Å². The second kappa shape index (κ2) is 17.8. The Morgan fingerprint density at radius 3 is 2.39 bits per heavy atom. The Morgan fingerprint density at radius 2 is 1.63 bits per heavy atom. The summed E-state index contributed by atoms with van der Waals surface area (Å²) < 4.78 is 54.3. The number of terminal acetylenes is 1. The Bertz CT molecular complexity index is 2980. The number of halogens is 3. The van der Waals surface area contributed by atoms with Crippen molar-refractivity contribution >= 4 is 50.9 Å². The van der Waals surface area contributed by atoms with Gasteiger partial charge in [-0.05, 0) is 93.0 Å². The number of hydrogen-bond acceptors (Lipinski definition) is 12. The number of piperidine rings is 3. The number of aromatic nitrogens is 3. The fourth-order valence-electron chi connectivity index (χ4n) is 12.6. The van der Waals surface area contributed by atoms with E-state index in [0.29, 0.717) is 75.5 Å². The highest BCUT2D eigenvalue weighted by molar-refractivity contribution is 6.06. The van der Waals surface area contributed by atoms with Crippen molar-refractivity contribution in [3.8, 4) is 29.6 Å². The van der Waals surface area contributed by atoms with Gasteiger partial charge in [0.1, 0.15) is 35.5 Å². The van der Waals surface area contributed by atoms with Crippen molar-refractivity contribution in [2.45, 2.75) is 76.0 Å². The molecular weight excluding hydrogens is 898 g/mol. The van der Waals surface area contributed by atoms with Gasteiger partial charge < -0.3 is 29.7 Å². The van der Waals surface area contributed by atoms with Crippen LogP contribution in [0.5, 0.6) is 6.01 Å². The van der Waals surface area contributed by atoms with Gasteiger partial charge in [-0.15, -0.1) is 6.42 Å². The molecule has 17 heteroatoms. The second-order valence-electron chi connectivity index (χ2n) is 20.6. The molecule has 5 aromatic rings. The lowest BCUT2D eigenvalue weighted by Gasteiger charge is -2.55. The maximum atomic E-state index is 17.0. The Kier molecular flexibility index (Phi) is 11.4. The smallest absolute Gasteiger partial charge is 0.319 e. The average Bonchev–Trinajstić information content (AvgIpc) is 3.88. The van der Waals surface area contributed by atoms with Crippen LogP contribution in [-0.2, 0) is 16.1 Å². The van der Waals surface area contributed by atoms with E-state index in [-0.39, 0.29) is 65.2 Å². The molecule has 1 spiro atoms. The van der Waals surface area contributed by atoms with Gasteiger partial charge in [0.25, 0.3) is 5.91 Å². The summed E-state index contributed by atoms with van der Waals surface area (Å²) in [6.45, 7) is 9.05. The fraction of sp³-hybridized carbons (Fsp3) is 0.472. The topological polar surface area (TPSA) is 139 Å². The van der Waals surface area contributed by atoms with Crippen LogP contribution >= 0.6 is 0 Å². The highest BCUT2D eigenvalue weighted by atomic mass is 19.1. The van der Waals surface area contributed by atoms with Crippen LogP contribution in [0, 0.1) is 41.1 Å². The highest BCUT2D eigenvalue weighted by Gasteiger charge is 2.46. The SMILES string of the molecule is C#Cc1c(F)ccc2cccc(-c3ncc4c(N5CC6CCC(C5)N6)nc(OCCN5CCC(CN6CC7(CCN(c8ccc9c(c8F)CN(C8CCC(=O)NC8=O)C9=O)CC7)C6)CC5)nc4c3F)c12. The van der Waals surface area contributed by atoms with Gasteiger partial charge in [0, 0.05) is 99.1 Å². The van der Waals surface area contributed by atoms with Gasteiger partial charge in [-0.25, -0.2) is 13.2 Å². The van der Waals surface area contributed by atoms with Crippen LogP contribution in [0.15, 0.2) is 48.7 Å². The number of nitrogens with one attached hydrogen (secondary N) is 2. The summed E-state index contributed by atoms with van der Waals surface area (Å²) in [6.07, 6.45) is 14.0. The van der Waals surface area contributed by atoms with E-state index in [4.69, 9.17) is 16.1 Å². The molecule has 2 N–H and O–H groups in total. The first-order chi connectivity index (χ1) is 34.0. The van der Waals surface area contributed by atoms with Crippen molar-refractivity contribution in [2.24, 2.45) is 11.3 Å². The van der Waals surface area contributed by atoms with E-state index in [0.717, 1.165) is 97.4 Å². The number of piperazine rings is 1. The van der Waals surface area contributed by atoms with Crippen molar-refractivity contribution in [2.75, 3.05) is 81.9 Å². The fourth-order valence-corrected chi connectivity index (χ4v) is 12.6. The van der Waals surface area contributed by atoms with Gasteiger partial charge in [0.05, 0.1) is 23.2 Å². The molecule has 3 amide bonds. The van der Waals surface area contributed by atoms with E-state index in [2.05, 4.69) is 46.1 Å². The number of imide groups is 1. The molecule has 362 valence electrons. The first-order valence-electron chi connectivity index (χ1n) is 24.9. The summed E-state index contributed by atoms with van der Waals surface area (Å²) in [6, 6.07) is 11.6. The Morgan fingerprint density at radius 1 is 0.843 bits per heavy atom. The van der Waals surface area contributed by atoms with Crippen molar-refractivity contribution in [1.82, 2.24) is 40.3 Å². The molecule has 3 atom stereocenters. The minimum Gasteiger partial charge on any atom is -0.462 e. The molecule has 9 heterocycles. The number of ether oxygens (including phenoxy) is 1. The van der Waals surface area contributed by atoms with Gasteiger partial charge in [0.2, 0.25) is 11.8 Å². The lowest BCUT2D eigenvalue weighted by Crippen LogP contribution is -2.61. The van der Waals surface area contributed by atoms with Crippen LogP contribution in [0.4, 0.5) is 24.7 Å². The number of hydrogen-bond donors (Lipinski definition) is 2. The van der Waals surface area contributed by atoms with Crippen LogP contribution in [0.25, 0.3) is 32.9 Å². The Hall–Kier alpha value is -6.35. The monoisotopic (exact) mass is 952 g/mol. The zero-order valence-electron chi connectivity index (χ0n) is 39.0. The first-order valence-corrected chi connectivity index (χ1v) is 24.9. The molecular formula is C53H55F3N10O4. The molecule has 12 rings (SSSR count). The maximum absolute atomic E-state index is 17.0. The van der Waals surface area contributed by atoms with Crippen LogP contribution in [-0.4, -0.2) is 138 Å². The van der Waals surface area contributed by atoms with Crippen molar-refractivity contribution in [3.63, 3.8) is 0 Å². The minimum atomic E-state index is -0.776. The lowest BCUT2D eigenvalue weighted by atomic mass is 9.71. The first kappa shape index (κ1) is 44.8. The highest BCUT2D eigenvalue weighted by Crippen LogP contribution is 2.44. The Labute approximate surface area is 403 Å². The maximum Gasteiger partial charge on any atom is 0.319 e. The molecule has 6 saturated heterocycles. The molecule has 2 aromatic heterocycles. The minimum absolute atomic E-state index is 0.0237. The van der Waals surface area contributed by atoms with E-state index in [9.17, 15) is 18.8 Å². The second-order valence-corrected chi connectivity index (χ2v) is 20.6. The number of carbonyl (C=O) groups excluding carboxylic acids is 3. The largest absolute Gasteiger partial charge is 0.462 e. The van der Waals surface area contributed by atoms with E-state index in [1.807, 2.05) is 6.07 Å². The molecule has 6 fully saturated rings. The molecule has 0 radical (unpaired) electrons. The van der Waals surface area contributed by atoms with Crippen molar-refractivity contribution in [3.05, 3.63) is 82.8 Å². The average molecular weight is 953 g/mol. The molecule has 3 aromatic carbocycles. The molecule has 2 bridgehead atoms. The van der Waals surface area contributed by atoms with Gasteiger partial charge in [-0.1, -0.05) is 30.2 Å². The van der Waals surface area contributed by atoms with E-state index >= 15 is 8.78 Å². The number of anilines is 2. The predicted octanol–water partition coefficient (Wildman–Crippen LogP) is 5.64. The van der Waals surface area contributed by atoms with Gasteiger partial charge >= 0.3 is 6.01 Å². The quantitative estimate of drug-likeness (QED) is 0.132. The zero-order valence-corrected chi connectivity index (χ0v) is 39.0. The summed E-state index contributed by atoms with van der Waals surface area (Å²) in [7, 11) is 0. The number of pyridine rings is 1. The summed E-state index contributed by atoms with van der Waals surface area (Å²) in [5, 5.41) is 7.57. The Balaban J connectivity index is 0.652. The van der Waals surface area contributed by atoms with E-state index in [1.165, 1.54) is 11.0 Å². The summed E-state index contributed by atoms with van der Waals surface area (Å²) in [5.41, 5.74) is 1.94.